The molecule has 5 rings (SSSR count). The number of fused-ring (bicyclic) bond motifs is 3. The molecular weight excluding hydrogens is 437 g/mol. The smallest absolute Gasteiger partial charge is 0.320 e. The Morgan fingerprint density at radius 2 is 2.00 bits per heavy atom. The normalized spacial score (nSPS) is 26.5. The summed E-state index contributed by atoms with van der Waals surface area (Å²) < 4.78 is 13.9. The van der Waals surface area contributed by atoms with Crippen molar-refractivity contribution in [2.24, 2.45) is 0 Å². The molecule has 3 N–H and O–H groups in total. The molecule has 1 unspecified atom stereocenters. The predicted octanol–water partition coefficient (Wildman–Crippen LogP) is 2.49. The number of phenolic OH excluding ortho intramolecular Hbond substituents is 1. The lowest BCUT2D eigenvalue weighted by atomic mass is 9.87. The second kappa shape index (κ2) is 8.57. The third-order valence-electron chi connectivity index (χ3n) is 7.54. The molecule has 34 heavy (non-hydrogen) atoms. The third-order valence-corrected chi connectivity index (χ3v) is 7.54. The molecule has 0 saturated carbocycles. The minimum absolute atomic E-state index is 0.0954. The summed E-state index contributed by atoms with van der Waals surface area (Å²) in [5.41, 5.74) is 1.27. The summed E-state index contributed by atoms with van der Waals surface area (Å²) in [7, 11) is 0. The summed E-state index contributed by atoms with van der Waals surface area (Å²) in [6, 6.07) is 6.63. The summed E-state index contributed by atoms with van der Waals surface area (Å²) in [5.74, 6) is -0.466. The zero-order valence-electron chi connectivity index (χ0n) is 19.9. The number of benzene rings is 1. The van der Waals surface area contributed by atoms with Crippen molar-refractivity contribution in [3.8, 4) is 17.0 Å². The van der Waals surface area contributed by atoms with Crippen molar-refractivity contribution >= 4 is 17.5 Å². The molecule has 3 aliphatic heterocycles. The Balaban J connectivity index is 1.45. The number of hydrogen-bond donors (Lipinski definition) is 3. The number of para-hydroxylation sites is 1. The molecule has 3 atom stereocenters. The van der Waals surface area contributed by atoms with Gasteiger partial charge in [0.15, 0.2) is 17.4 Å². The van der Waals surface area contributed by atoms with Crippen LogP contribution in [0.25, 0.3) is 11.3 Å². The van der Waals surface area contributed by atoms with Crippen LogP contribution in [0.3, 0.4) is 0 Å². The first-order valence-corrected chi connectivity index (χ1v) is 12.0. The molecule has 1 aromatic heterocycles. The number of carbonyl (C=O) groups excluding carboxylic acids is 1. The fourth-order valence-electron chi connectivity index (χ4n) is 5.58. The summed E-state index contributed by atoms with van der Waals surface area (Å²) in [6.45, 7) is 10.4. The molecule has 9 nitrogen and oxygen atoms in total. The van der Waals surface area contributed by atoms with Crippen molar-refractivity contribution in [1.29, 1.82) is 0 Å². The van der Waals surface area contributed by atoms with E-state index in [1.807, 2.05) is 15.9 Å². The molecule has 2 saturated heterocycles. The Kier molecular flexibility index (Phi) is 5.71. The first-order valence-electron chi connectivity index (χ1n) is 12.0. The van der Waals surface area contributed by atoms with Gasteiger partial charge < -0.3 is 30.4 Å². The molecule has 4 heterocycles. The average Bonchev–Trinajstić information content (AvgIpc) is 2.84. The van der Waals surface area contributed by atoms with Gasteiger partial charge in [-0.25, -0.2) is 9.18 Å². The largest absolute Gasteiger partial charge is 0.504 e. The van der Waals surface area contributed by atoms with Gasteiger partial charge >= 0.3 is 6.03 Å². The third kappa shape index (κ3) is 3.60. The van der Waals surface area contributed by atoms with E-state index >= 15 is 0 Å². The van der Waals surface area contributed by atoms with Crippen LogP contribution in [-0.4, -0.2) is 88.0 Å². The minimum Gasteiger partial charge on any atom is -0.504 e. The Hall–Kier alpha value is -3.14. The van der Waals surface area contributed by atoms with Crippen LogP contribution in [0.4, 0.5) is 20.7 Å². The topological polar surface area (TPSA) is 96.9 Å². The van der Waals surface area contributed by atoms with E-state index in [-0.39, 0.29) is 23.7 Å². The molecule has 2 aromatic rings. The van der Waals surface area contributed by atoms with Crippen LogP contribution in [0.1, 0.15) is 27.2 Å². The van der Waals surface area contributed by atoms with Crippen molar-refractivity contribution in [3.05, 3.63) is 30.1 Å². The monoisotopic (exact) mass is 469 g/mol. The number of aromatic hydroxyl groups is 1. The first kappa shape index (κ1) is 22.6. The standard InChI is InChI=1S/C24H32FN7O2/c1-4-24-13-27-22-20(10-19(28-29-22)17-6-5-7-18(25)21(17)33)31(24)9-8-30(14-24)23(34)32-15(2)11-26-12-16(32)3/h5-7,10,15-16,26,33H,4,8-9,11-14H2,1-3H3,(H,27,29)/t15-,16-,24?/m1/s1. The van der Waals surface area contributed by atoms with Gasteiger partial charge in [0.1, 0.15) is 0 Å². The van der Waals surface area contributed by atoms with E-state index in [9.17, 15) is 14.3 Å². The maximum atomic E-state index is 13.9. The predicted molar refractivity (Wildman–Crippen MR) is 129 cm³/mol. The van der Waals surface area contributed by atoms with Crippen LogP contribution in [-0.2, 0) is 0 Å². The van der Waals surface area contributed by atoms with Gasteiger partial charge in [-0.3, -0.25) is 0 Å². The lowest BCUT2D eigenvalue weighted by molar-refractivity contribution is 0.0837. The number of phenols is 1. The number of aromatic nitrogens is 2. The molecule has 2 amide bonds. The van der Waals surface area contributed by atoms with Gasteiger partial charge in [0.25, 0.3) is 0 Å². The summed E-state index contributed by atoms with van der Waals surface area (Å²) >= 11 is 0. The SMILES string of the molecule is CCC12CNc3nnc(-c4cccc(F)c4O)cc3N1CCN(C(=O)N1[C@H](C)CNC[C@H]1C)C2. The highest BCUT2D eigenvalue weighted by molar-refractivity contribution is 5.79. The summed E-state index contributed by atoms with van der Waals surface area (Å²) in [6.07, 6.45) is 0.832. The van der Waals surface area contributed by atoms with E-state index in [1.54, 1.807) is 12.1 Å². The first-order chi connectivity index (χ1) is 16.3. The van der Waals surface area contributed by atoms with Gasteiger partial charge in [0.05, 0.1) is 16.9 Å². The number of rotatable bonds is 2. The highest BCUT2D eigenvalue weighted by atomic mass is 19.1. The van der Waals surface area contributed by atoms with E-state index < -0.39 is 11.6 Å². The van der Waals surface area contributed by atoms with Crippen LogP contribution in [0.2, 0.25) is 0 Å². The highest BCUT2D eigenvalue weighted by Gasteiger charge is 2.47. The van der Waals surface area contributed by atoms with Crippen molar-refractivity contribution < 1.29 is 14.3 Å². The Morgan fingerprint density at radius 3 is 2.74 bits per heavy atom. The fraction of sp³-hybridized carbons (Fsp3) is 0.542. The van der Waals surface area contributed by atoms with Gasteiger partial charge in [-0.2, -0.15) is 0 Å². The molecular formula is C24H32FN7O2. The van der Waals surface area contributed by atoms with Crippen LogP contribution < -0.4 is 15.5 Å². The van der Waals surface area contributed by atoms with Crippen LogP contribution in [0.5, 0.6) is 5.75 Å². The second-order valence-electron chi connectivity index (χ2n) is 9.65. The molecule has 1 aromatic carbocycles. The number of hydrogen-bond acceptors (Lipinski definition) is 7. The summed E-state index contributed by atoms with van der Waals surface area (Å²) in [4.78, 5) is 19.9. The Labute approximate surface area is 198 Å². The van der Waals surface area contributed by atoms with Crippen LogP contribution >= 0.6 is 0 Å². The molecule has 0 bridgehead atoms. The molecule has 0 radical (unpaired) electrons. The van der Waals surface area contributed by atoms with Gasteiger partial charge in [0, 0.05) is 56.9 Å². The number of carbonyl (C=O) groups is 1. The quantitative estimate of drug-likeness (QED) is 0.622. The fourth-order valence-corrected chi connectivity index (χ4v) is 5.58. The number of nitrogens with one attached hydrogen (secondary N) is 2. The van der Waals surface area contributed by atoms with Crippen LogP contribution in [0.15, 0.2) is 24.3 Å². The van der Waals surface area contributed by atoms with E-state index in [4.69, 9.17) is 0 Å². The van der Waals surface area contributed by atoms with E-state index in [2.05, 4.69) is 46.5 Å². The van der Waals surface area contributed by atoms with Gasteiger partial charge in [-0.05, 0) is 38.5 Å². The molecule has 0 spiro atoms. The Morgan fingerprint density at radius 1 is 1.24 bits per heavy atom. The van der Waals surface area contributed by atoms with E-state index in [0.29, 0.717) is 43.3 Å². The maximum absolute atomic E-state index is 13.9. The van der Waals surface area contributed by atoms with Crippen LogP contribution in [0, 0.1) is 5.82 Å². The number of nitrogens with zero attached hydrogens (tertiary/aromatic N) is 5. The molecule has 10 heteroatoms. The Bertz CT molecular complexity index is 1090. The van der Waals surface area contributed by atoms with Gasteiger partial charge in [-0.15, -0.1) is 10.2 Å². The lowest BCUT2D eigenvalue weighted by Crippen LogP contribution is -2.70. The minimum atomic E-state index is -0.693. The van der Waals surface area contributed by atoms with Gasteiger partial charge in [0.2, 0.25) is 0 Å². The molecule has 2 fully saturated rings. The second-order valence-corrected chi connectivity index (χ2v) is 9.65. The molecule has 3 aliphatic rings. The van der Waals surface area contributed by atoms with Crippen molar-refractivity contribution in [2.45, 2.75) is 44.8 Å². The number of urea groups is 1. The lowest BCUT2D eigenvalue weighted by Gasteiger charge is -2.55. The molecule has 0 aliphatic carbocycles. The molecule has 182 valence electrons. The zero-order chi connectivity index (χ0) is 24.0. The average molecular weight is 470 g/mol. The zero-order valence-corrected chi connectivity index (χ0v) is 19.9. The number of anilines is 2. The van der Waals surface area contributed by atoms with Crippen molar-refractivity contribution in [2.75, 3.05) is 49.5 Å². The number of halogens is 1. The van der Waals surface area contributed by atoms with E-state index in [0.717, 1.165) is 25.2 Å². The maximum Gasteiger partial charge on any atom is 0.320 e. The number of amides is 2. The van der Waals surface area contributed by atoms with Crippen molar-refractivity contribution in [3.63, 3.8) is 0 Å². The summed E-state index contributed by atoms with van der Waals surface area (Å²) in [5, 5.41) is 25.6. The number of piperazine rings is 2. The highest BCUT2D eigenvalue weighted by Crippen LogP contribution is 2.41. The van der Waals surface area contributed by atoms with E-state index in [1.165, 1.54) is 6.07 Å². The van der Waals surface area contributed by atoms with Gasteiger partial charge in [-0.1, -0.05) is 13.0 Å². The van der Waals surface area contributed by atoms with Crippen molar-refractivity contribution in [1.82, 2.24) is 25.3 Å².